The van der Waals surface area contributed by atoms with Crippen LogP contribution in [0.5, 0.6) is 0 Å². The van der Waals surface area contributed by atoms with Crippen LogP contribution in [0.4, 0.5) is 0 Å². The number of hydrogen-bond acceptors (Lipinski definition) is 3. The lowest BCUT2D eigenvalue weighted by atomic mass is 9.97. The molecule has 0 spiro atoms. The molecule has 0 radical (unpaired) electrons. The van der Waals surface area contributed by atoms with E-state index in [1.807, 2.05) is 0 Å². The molecule has 0 saturated heterocycles. The molecule has 1 aliphatic rings. The zero-order chi connectivity index (χ0) is 9.14. The average molecular weight is 171 g/mol. The fourth-order valence-corrected chi connectivity index (χ4v) is 1.59. The molecule has 0 heterocycles. The van der Waals surface area contributed by atoms with Crippen molar-refractivity contribution in [3.63, 3.8) is 0 Å². The van der Waals surface area contributed by atoms with Crippen LogP contribution in [0.2, 0.25) is 0 Å². The van der Waals surface area contributed by atoms with Gasteiger partial charge in [-0.1, -0.05) is 12.8 Å². The Bertz CT molecular complexity index is 196. The molecule has 1 rings (SSSR count). The second kappa shape index (κ2) is 3.67. The fourth-order valence-electron chi connectivity index (χ4n) is 1.59. The highest BCUT2D eigenvalue weighted by molar-refractivity contribution is 6.03. The van der Waals surface area contributed by atoms with Crippen molar-refractivity contribution in [2.24, 2.45) is 11.7 Å². The first-order valence-corrected chi connectivity index (χ1v) is 4.15. The Balaban J connectivity index is 2.51. The highest BCUT2D eigenvalue weighted by atomic mass is 16.4. The van der Waals surface area contributed by atoms with Crippen LogP contribution in [0.3, 0.4) is 0 Å². The van der Waals surface area contributed by atoms with E-state index in [1.165, 1.54) is 0 Å². The van der Waals surface area contributed by atoms with Crippen LogP contribution < -0.4 is 5.73 Å². The predicted molar refractivity (Wildman–Crippen MR) is 42.6 cm³/mol. The molecule has 12 heavy (non-hydrogen) atoms. The lowest BCUT2D eigenvalue weighted by Crippen LogP contribution is -2.41. The van der Waals surface area contributed by atoms with E-state index in [0.29, 0.717) is 0 Å². The molecular formula is C8H13NO3. The zero-order valence-electron chi connectivity index (χ0n) is 6.82. The summed E-state index contributed by atoms with van der Waals surface area (Å²) < 4.78 is 0. The van der Waals surface area contributed by atoms with Crippen molar-refractivity contribution in [2.75, 3.05) is 0 Å². The summed E-state index contributed by atoms with van der Waals surface area (Å²) in [6.07, 6.45) is 3.64. The smallest absolute Gasteiger partial charge is 0.328 e. The van der Waals surface area contributed by atoms with Crippen molar-refractivity contribution in [3.8, 4) is 0 Å². The Hall–Kier alpha value is -0.900. The monoisotopic (exact) mass is 171 g/mol. The third-order valence-electron chi connectivity index (χ3n) is 2.33. The van der Waals surface area contributed by atoms with Gasteiger partial charge >= 0.3 is 5.97 Å². The molecule has 0 aromatic heterocycles. The highest BCUT2D eigenvalue weighted by Crippen LogP contribution is 2.25. The molecule has 0 amide bonds. The van der Waals surface area contributed by atoms with Crippen LogP contribution in [0, 0.1) is 5.92 Å². The lowest BCUT2D eigenvalue weighted by molar-refractivity contribution is -0.143. The molecule has 1 fully saturated rings. The number of aliphatic carboxylic acids is 1. The summed E-state index contributed by atoms with van der Waals surface area (Å²) in [5.74, 6) is -1.62. The van der Waals surface area contributed by atoms with E-state index in [0.717, 1.165) is 25.7 Å². The fraction of sp³-hybridized carbons (Fsp3) is 0.750. The molecule has 1 atom stereocenters. The number of rotatable bonds is 3. The number of nitrogens with two attached hydrogens (primary N) is 1. The Morgan fingerprint density at radius 3 is 2.25 bits per heavy atom. The number of hydrogen-bond donors (Lipinski definition) is 2. The van der Waals surface area contributed by atoms with Crippen molar-refractivity contribution >= 4 is 11.8 Å². The molecule has 1 unspecified atom stereocenters. The molecule has 1 saturated carbocycles. The zero-order valence-corrected chi connectivity index (χ0v) is 6.82. The number of carboxylic acids is 1. The Morgan fingerprint density at radius 2 is 1.83 bits per heavy atom. The molecule has 4 heteroatoms. The molecule has 0 aromatic carbocycles. The second-order valence-corrected chi connectivity index (χ2v) is 3.20. The molecular weight excluding hydrogens is 158 g/mol. The normalized spacial score (nSPS) is 20.8. The van der Waals surface area contributed by atoms with Gasteiger partial charge in [-0.25, -0.2) is 0 Å². The van der Waals surface area contributed by atoms with Crippen LogP contribution in [0.25, 0.3) is 0 Å². The van der Waals surface area contributed by atoms with Crippen molar-refractivity contribution in [1.82, 2.24) is 0 Å². The highest BCUT2D eigenvalue weighted by Gasteiger charge is 2.30. The van der Waals surface area contributed by atoms with Gasteiger partial charge in [-0.05, 0) is 12.8 Å². The molecule has 0 aromatic rings. The Labute approximate surface area is 70.7 Å². The first-order valence-electron chi connectivity index (χ1n) is 4.15. The summed E-state index contributed by atoms with van der Waals surface area (Å²) in [6, 6.07) is -1.31. The standard InChI is InChI=1S/C8H13NO3/c9-6(8(11)12)7(10)5-3-1-2-4-5/h5-6H,1-4,9H2,(H,11,12). The summed E-state index contributed by atoms with van der Waals surface area (Å²) in [7, 11) is 0. The van der Waals surface area contributed by atoms with Crippen LogP contribution in [0.15, 0.2) is 0 Å². The molecule has 68 valence electrons. The van der Waals surface area contributed by atoms with Crippen molar-refractivity contribution in [2.45, 2.75) is 31.7 Å². The van der Waals surface area contributed by atoms with E-state index < -0.39 is 12.0 Å². The van der Waals surface area contributed by atoms with Crippen LogP contribution in [-0.4, -0.2) is 22.9 Å². The van der Waals surface area contributed by atoms with E-state index >= 15 is 0 Å². The predicted octanol–water partition coefficient (Wildman–Crippen LogP) is 0.158. The van der Waals surface area contributed by atoms with Gasteiger partial charge in [-0.2, -0.15) is 0 Å². The van der Waals surface area contributed by atoms with Gasteiger partial charge in [-0.15, -0.1) is 0 Å². The minimum atomic E-state index is -1.31. The number of carboxylic acid groups (broad SMARTS) is 1. The summed E-state index contributed by atoms with van der Waals surface area (Å²) in [5, 5.41) is 8.47. The third-order valence-corrected chi connectivity index (χ3v) is 2.33. The topological polar surface area (TPSA) is 80.4 Å². The third kappa shape index (κ3) is 1.82. The van der Waals surface area contributed by atoms with E-state index in [-0.39, 0.29) is 11.7 Å². The average Bonchev–Trinajstić information content (AvgIpc) is 2.53. The number of carbonyl (C=O) groups excluding carboxylic acids is 1. The van der Waals surface area contributed by atoms with Gasteiger partial charge in [0.15, 0.2) is 11.8 Å². The maximum Gasteiger partial charge on any atom is 0.328 e. The van der Waals surface area contributed by atoms with E-state index in [1.54, 1.807) is 0 Å². The maximum absolute atomic E-state index is 11.3. The molecule has 0 aliphatic heterocycles. The lowest BCUT2D eigenvalue weighted by Gasteiger charge is -2.10. The number of ketones is 1. The van der Waals surface area contributed by atoms with Gasteiger partial charge in [0, 0.05) is 5.92 Å². The van der Waals surface area contributed by atoms with Crippen LogP contribution in [0.1, 0.15) is 25.7 Å². The summed E-state index contributed by atoms with van der Waals surface area (Å²) in [5.41, 5.74) is 5.19. The summed E-state index contributed by atoms with van der Waals surface area (Å²) >= 11 is 0. The quantitative estimate of drug-likeness (QED) is 0.592. The van der Waals surface area contributed by atoms with E-state index in [9.17, 15) is 9.59 Å². The second-order valence-electron chi connectivity index (χ2n) is 3.20. The number of carbonyl (C=O) groups is 2. The summed E-state index contributed by atoms with van der Waals surface area (Å²) in [4.78, 5) is 21.6. The van der Waals surface area contributed by atoms with Crippen molar-refractivity contribution in [3.05, 3.63) is 0 Å². The first kappa shape index (κ1) is 9.19. The van der Waals surface area contributed by atoms with Crippen LogP contribution in [-0.2, 0) is 9.59 Å². The van der Waals surface area contributed by atoms with Gasteiger partial charge in [-0.3, -0.25) is 9.59 Å². The largest absolute Gasteiger partial charge is 0.480 e. The number of Topliss-reactive ketones (excluding diaryl/α,β-unsaturated/α-hetero) is 1. The molecule has 3 N–H and O–H groups in total. The molecule has 4 nitrogen and oxygen atoms in total. The summed E-state index contributed by atoms with van der Waals surface area (Å²) in [6.45, 7) is 0. The maximum atomic E-state index is 11.3. The van der Waals surface area contributed by atoms with E-state index in [2.05, 4.69) is 0 Å². The minimum absolute atomic E-state index is 0.101. The SMILES string of the molecule is NC(C(=O)O)C(=O)C1CCCC1. The minimum Gasteiger partial charge on any atom is -0.480 e. The Morgan fingerprint density at radius 1 is 1.33 bits per heavy atom. The van der Waals surface area contributed by atoms with Gasteiger partial charge < -0.3 is 10.8 Å². The Kier molecular flexibility index (Phi) is 2.81. The van der Waals surface area contributed by atoms with Gasteiger partial charge in [0.25, 0.3) is 0 Å². The van der Waals surface area contributed by atoms with Crippen molar-refractivity contribution < 1.29 is 14.7 Å². The van der Waals surface area contributed by atoms with Crippen LogP contribution >= 0.6 is 0 Å². The first-order chi connectivity index (χ1) is 5.63. The molecule has 0 bridgehead atoms. The van der Waals surface area contributed by atoms with E-state index in [4.69, 9.17) is 10.8 Å². The molecule has 1 aliphatic carbocycles. The van der Waals surface area contributed by atoms with Crippen molar-refractivity contribution in [1.29, 1.82) is 0 Å². The van der Waals surface area contributed by atoms with Gasteiger partial charge in [0.1, 0.15) is 0 Å². The van der Waals surface area contributed by atoms with Gasteiger partial charge in [0.05, 0.1) is 0 Å². The van der Waals surface area contributed by atoms with Gasteiger partial charge in [0.2, 0.25) is 0 Å².